The smallest absolute Gasteiger partial charge is 0.329 e. The van der Waals surface area contributed by atoms with E-state index in [2.05, 4.69) is 10.3 Å². The van der Waals surface area contributed by atoms with Crippen LogP contribution in [0.3, 0.4) is 0 Å². The van der Waals surface area contributed by atoms with Crippen LogP contribution in [-0.4, -0.2) is 26.5 Å². The van der Waals surface area contributed by atoms with Crippen LogP contribution in [0.1, 0.15) is 40.5 Å². The van der Waals surface area contributed by atoms with Crippen molar-refractivity contribution in [1.82, 2.24) is 9.55 Å². The number of benzene rings is 1. The molecule has 146 valence electrons. The van der Waals surface area contributed by atoms with Crippen LogP contribution in [0.5, 0.6) is 0 Å². The van der Waals surface area contributed by atoms with Crippen LogP contribution in [0.15, 0.2) is 29.1 Å². The molecular formula is C20H21N3O4S. The minimum absolute atomic E-state index is 0.278. The number of para-hydroxylation sites is 1. The van der Waals surface area contributed by atoms with Crippen LogP contribution in [-0.2, 0) is 10.3 Å². The van der Waals surface area contributed by atoms with Crippen LogP contribution >= 0.6 is 11.3 Å². The number of aliphatic carboxylic acids is 1. The number of fused-ring (bicyclic) bond motifs is 1. The number of aryl methyl sites for hydroxylation is 3. The maximum Gasteiger partial charge on any atom is 0.329 e. The van der Waals surface area contributed by atoms with Gasteiger partial charge in [-0.05, 0) is 51.8 Å². The number of thiophene rings is 1. The Hall–Kier alpha value is -3.00. The normalized spacial score (nSPS) is 11.6. The lowest BCUT2D eigenvalue weighted by atomic mass is 10.0. The number of hydrogen-bond donors (Lipinski definition) is 2. The molecule has 0 aliphatic rings. The molecule has 0 aliphatic heterocycles. The Bertz CT molecular complexity index is 1170. The predicted octanol–water partition coefficient (Wildman–Crippen LogP) is 3.46. The molecule has 1 amide bonds. The van der Waals surface area contributed by atoms with Gasteiger partial charge in [0.15, 0.2) is 0 Å². The maximum atomic E-state index is 13.1. The van der Waals surface area contributed by atoms with E-state index in [1.165, 1.54) is 18.4 Å². The molecule has 2 N–H and O–H groups in total. The Labute approximate surface area is 165 Å². The summed E-state index contributed by atoms with van der Waals surface area (Å²) >= 11 is 1.13. The van der Waals surface area contributed by atoms with Crippen molar-refractivity contribution >= 4 is 39.1 Å². The molecule has 0 aliphatic carbocycles. The predicted molar refractivity (Wildman–Crippen MR) is 109 cm³/mol. The number of carboxylic acid groups (broad SMARTS) is 1. The fourth-order valence-corrected chi connectivity index (χ4v) is 4.26. The highest BCUT2D eigenvalue weighted by Gasteiger charge is 2.34. The number of hydrogen-bond acceptors (Lipinski definition) is 5. The standard InChI is InChI=1S/C20H21N3O4S/c1-10-8-6-7-9-13(10)22-16(24)15-11(2)14-17(28-15)21-12(3)23(18(14)25)20(4,5)19(26)27/h6-9H,1-5H3,(H,22,24)(H,26,27). The number of carbonyl (C=O) groups is 2. The molecule has 0 fully saturated rings. The Morgan fingerprint density at radius 3 is 2.43 bits per heavy atom. The second kappa shape index (κ2) is 6.87. The van der Waals surface area contributed by atoms with Crippen molar-refractivity contribution in [3.63, 3.8) is 0 Å². The summed E-state index contributed by atoms with van der Waals surface area (Å²) in [4.78, 5) is 42.8. The molecule has 0 atom stereocenters. The van der Waals surface area contributed by atoms with Crippen LogP contribution in [0, 0.1) is 20.8 Å². The average Bonchev–Trinajstić information content (AvgIpc) is 2.93. The van der Waals surface area contributed by atoms with Crippen LogP contribution in [0.4, 0.5) is 5.69 Å². The molecule has 2 aromatic heterocycles. The average molecular weight is 399 g/mol. The van der Waals surface area contributed by atoms with Crippen molar-refractivity contribution in [2.75, 3.05) is 5.32 Å². The highest BCUT2D eigenvalue weighted by atomic mass is 32.1. The SMILES string of the molecule is Cc1ccccc1NC(=O)c1sc2nc(C)n(C(C)(C)C(=O)O)c(=O)c2c1C. The van der Waals surface area contributed by atoms with Gasteiger partial charge < -0.3 is 10.4 Å². The van der Waals surface area contributed by atoms with E-state index in [0.29, 0.717) is 21.0 Å². The summed E-state index contributed by atoms with van der Waals surface area (Å²) in [6, 6.07) is 7.42. The minimum atomic E-state index is -1.46. The first-order valence-electron chi connectivity index (χ1n) is 8.69. The zero-order valence-electron chi connectivity index (χ0n) is 16.3. The molecule has 0 saturated heterocycles. The first-order valence-corrected chi connectivity index (χ1v) is 9.51. The summed E-state index contributed by atoms with van der Waals surface area (Å²) < 4.78 is 1.17. The van der Waals surface area contributed by atoms with Gasteiger partial charge in [0.25, 0.3) is 11.5 Å². The topological polar surface area (TPSA) is 101 Å². The third-order valence-electron chi connectivity index (χ3n) is 4.81. The van der Waals surface area contributed by atoms with Crippen LogP contribution in [0.2, 0.25) is 0 Å². The lowest BCUT2D eigenvalue weighted by Crippen LogP contribution is -2.44. The maximum absolute atomic E-state index is 13.1. The lowest BCUT2D eigenvalue weighted by Gasteiger charge is -2.24. The Morgan fingerprint density at radius 1 is 1.18 bits per heavy atom. The van der Waals surface area contributed by atoms with Gasteiger partial charge >= 0.3 is 5.97 Å². The minimum Gasteiger partial charge on any atom is -0.480 e. The van der Waals surface area contributed by atoms with Crippen LogP contribution < -0.4 is 10.9 Å². The first kappa shape index (κ1) is 19.8. The Balaban J connectivity index is 2.15. The molecule has 28 heavy (non-hydrogen) atoms. The van der Waals surface area contributed by atoms with Gasteiger partial charge in [0, 0.05) is 5.69 Å². The summed E-state index contributed by atoms with van der Waals surface area (Å²) in [5.41, 5.74) is 0.199. The van der Waals surface area contributed by atoms with Gasteiger partial charge in [-0.2, -0.15) is 0 Å². The number of anilines is 1. The van der Waals surface area contributed by atoms with Crippen molar-refractivity contribution < 1.29 is 14.7 Å². The van der Waals surface area contributed by atoms with Crippen LogP contribution in [0.25, 0.3) is 10.2 Å². The van der Waals surface area contributed by atoms with Gasteiger partial charge in [0.05, 0.1) is 10.3 Å². The van der Waals surface area contributed by atoms with E-state index in [1.54, 1.807) is 19.9 Å². The zero-order chi connectivity index (χ0) is 20.8. The molecule has 0 bridgehead atoms. The van der Waals surface area contributed by atoms with Gasteiger partial charge in [0.2, 0.25) is 0 Å². The van der Waals surface area contributed by atoms with Crippen molar-refractivity contribution in [2.45, 2.75) is 40.2 Å². The Morgan fingerprint density at radius 2 is 1.82 bits per heavy atom. The molecule has 0 saturated carbocycles. The van der Waals surface area contributed by atoms with E-state index in [9.17, 15) is 19.5 Å². The van der Waals surface area contributed by atoms with Gasteiger partial charge in [0.1, 0.15) is 16.2 Å². The second-order valence-electron chi connectivity index (χ2n) is 7.17. The third-order valence-corrected chi connectivity index (χ3v) is 6.00. The number of aromatic nitrogens is 2. The number of carbonyl (C=O) groups excluding carboxylic acids is 1. The van der Waals surface area contributed by atoms with Gasteiger partial charge in [-0.1, -0.05) is 18.2 Å². The number of rotatable bonds is 4. The van der Waals surface area contributed by atoms with E-state index < -0.39 is 17.1 Å². The number of carboxylic acids is 1. The summed E-state index contributed by atoms with van der Waals surface area (Å²) in [6.07, 6.45) is 0. The van der Waals surface area contributed by atoms with E-state index in [-0.39, 0.29) is 17.1 Å². The number of nitrogens with zero attached hydrogens (tertiary/aromatic N) is 2. The number of amides is 1. The molecule has 0 radical (unpaired) electrons. The van der Waals surface area contributed by atoms with E-state index in [0.717, 1.165) is 16.9 Å². The van der Waals surface area contributed by atoms with E-state index >= 15 is 0 Å². The largest absolute Gasteiger partial charge is 0.480 e. The molecule has 3 rings (SSSR count). The van der Waals surface area contributed by atoms with Crippen molar-refractivity contribution in [1.29, 1.82) is 0 Å². The first-order chi connectivity index (χ1) is 13.1. The van der Waals surface area contributed by atoms with E-state index in [4.69, 9.17) is 0 Å². The zero-order valence-corrected chi connectivity index (χ0v) is 17.1. The van der Waals surface area contributed by atoms with Crippen molar-refractivity contribution in [3.8, 4) is 0 Å². The summed E-state index contributed by atoms with van der Waals surface area (Å²) in [6.45, 7) is 8.07. The molecule has 8 heteroatoms. The summed E-state index contributed by atoms with van der Waals surface area (Å²) in [5.74, 6) is -1.17. The molecule has 7 nitrogen and oxygen atoms in total. The Kier molecular flexibility index (Phi) is 4.84. The monoisotopic (exact) mass is 399 g/mol. The van der Waals surface area contributed by atoms with Crippen molar-refractivity contribution in [2.24, 2.45) is 0 Å². The van der Waals surface area contributed by atoms with Crippen molar-refractivity contribution in [3.05, 3.63) is 56.4 Å². The molecule has 0 spiro atoms. The molecule has 1 aromatic carbocycles. The lowest BCUT2D eigenvalue weighted by molar-refractivity contribution is -0.145. The molecule has 2 heterocycles. The molecule has 0 unspecified atom stereocenters. The second-order valence-corrected chi connectivity index (χ2v) is 8.17. The van der Waals surface area contributed by atoms with Gasteiger partial charge in [-0.3, -0.25) is 14.2 Å². The quantitative estimate of drug-likeness (QED) is 0.700. The van der Waals surface area contributed by atoms with Gasteiger partial charge in [-0.25, -0.2) is 9.78 Å². The highest BCUT2D eigenvalue weighted by molar-refractivity contribution is 7.20. The third kappa shape index (κ3) is 3.09. The molecule has 3 aromatic rings. The van der Waals surface area contributed by atoms with Gasteiger partial charge in [-0.15, -0.1) is 11.3 Å². The highest BCUT2D eigenvalue weighted by Crippen LogP contribution is 2.29. The fourth-order valence-electron chi connectivity index (χ4n) is 3.15. The number of nitrogens with one attached hydrogen (secondary N) is 1. The van der Waals surface area contributed by atoms with E-state index in [1.807, 2.05) is 25.1 Å². The summed E-state index contributed by atoms with van der Waals surface area (Å²) in [5, 5.41) is 12.7. The molecular weight excluding hydrogens is 378 g/mol. The fraction of sp³-hybridized carbons (Fsp3) is 0.300. The summed E-state index contributed by atoms with van der Waals surface area (Å²) in [7, 11) is 0.